The van der Waals surface area contributed by atoms with E-state index in [1.54, 1.807) is 22.8 Å². The first-order chi connectivity index (χ1) is 14.6. The molecule has 1 aliphatic carbocycles. The summed E-state index contributed by atoms with van der Waals surface area (Å²) >= 11 is 0. The van der Waals surface area contributed by atoms with Gasteiger partial charge >= 0.3 is 5.97 Å². The molecule has 158 valence electrons. The van der Waals surface area contributed by atoms with Crippen molar-refractivity contribution in [3.8, 4) is 0 Å². The van der Waals surface area contributed by atoms with Gasteiger partial charge in [-0.1, -0.05) is 19.3 Å². The maximum Gasteiger partial charge on any atom is 0.338 e. The summed E-state index contributed by atoms with van der Waals surface area (Å²) in [4.78, 5) is 44.1. The first kappa shape index (κ1) is 19.3. The minimum absolute atomic E-state index is 0.0614. The maximum absolute atomic E-state index is 12.6. The number of benzene rings is 1. The number of ether oxygens (including phenoxy) is 1. The van der Waals surface area contributed by atoms with Crippen molar-refractivity contribution in [1.82, 2.24) is 14.5 Å². The van der Waals surface area contributed by atoms with Crippen LogP contribution < -0.4 is 5.56 Å². The van der Waals surface area contributed by atoms with E-state index >= 15 is 0 Å². The van der Waals surface area contributed by atoms with Gasteiger partial charge in [0.2, 0.25) is 0 Å². The fraction of sp³-hybridized carbons (Fsp3) is 0.565. The van der Waals surface area contributed by atoms with Crippen LogP contribution in [0.15, 0.2) is 23.0 Å². The van der Waals surface area contributed by atoms with Crippen molar-refractivity contribution in [3.63, 3.8) is 0 Å². The van der Waals surface area contributed by atoms with E-state index < -0.39 is 5.97 Å². The van der Waals surface area contributed by atoms with Crippen molar-refractivity contribution in [2.75, 3.05) is 19.7 Å². The molecule has 2 aromatic rings. The normalized spacial score (nSPS) is 23.1. The van der Waals surface area contributed by atoms with Gasteiger partial charge in [-0.2, -0.15) is 0 Å². The number of esters is 1. The lowest BCUT2D eigenvalue weighted by Gasteiger charge is -2.41. The quantitative estimate of drug-likeness (QED) is 0.728. The second-order valence-electron chi connectivity index (χ2n) is 8.83. The fourth-order valence-corrected chi connectivity index (χ4v) is 5.34. The highest BCUT2D eigenvalue weighted by atomic mass is 16.5. The van der Waals surface area contributed by atoms with Gasteiger partial charge in [0.1, 0.15) is 5.82 Å². The van der Waals surface area contributed by atoms with Crippen molar-refractivity contribution < 1.29 is 14.3 Å². The van der Waals surface area contributed by atoms with Gasteiger partial charge in [-0.05, 0) is 49.3 Å². The third-order valence-electron chi connectivity index (χ3n) is 7.02. The van der Waals surface area contributed by atoms with E-state index in [0.717, 1.165) is 44.1 Å². The Morgan fingerprint density at radius 3 is 2.77 bits per heavy atom. The van der Waals surface area contributed by atoms with E-state index in [1.807, 2.05) is 4.90 Å². The number of likely N-dealkylation sites (tertiary alicyclic amines) is 1. The van der Waals surface area contributed by atoms with E-state index in [1.165, 1.54) is 25.7 Å². The SMILES string of the molecule is O=C(OCC(=O)N1CC[C@H]2CCCC[C@@H]2C1)c1ccc2c(=O)n3c(nc2c1)CCC3. The van der Waals surface area contributed by atoms with Crippen molar-refractivity contribution in [1.29, 1.82) is 0 Å². The summed E-state index contributed by atoms with van der Waals surface area (Å²) in [5.74, 6) is 1.43. The second kappa shape index (κ2) is 7.85. The topological polar surface area (TPSA) is 81.5 Å². The third kappa shape index (κ3) is 3.50. The maximum atomic E-state index is 12.6. The molecule has 2 aliphatic heterocycles. The molecule has 0 spiro atoms. The van der Waals surface area contributed by atoms with E-state index in [2.05, 4.69) is 4.98 Å². The lowest BCUT2D eigenvalue weighted by atomic mass is 9.75. The fourth-order valence-electron chi connectivity index (χ4n) is 5.34. The Kier molecular flexibility index (Phi) is 5.05. The number of fused-ring (bicyclic) bond motifs is 3. The summed E-state index contributed by atoms with van der Waals surface area (Å²) in [5.41, 5.74) is 0.762. The molecule has 1 saturated heterocycles. The number of amides is 1. The highest BCUT2D eigenvalue weighted by Crippen LogP contribution is 2.36. The molecule has 7 heteroatoms. The Labute approximate surface area is 175 Å². The summed E-state index contributed by atoms with van der Waals surface area (Å²) in [6, 6.07) is 4.80. The minimum Gasteiger partial charge on any atom is -0.452 e. The molecule has 1 saturated carbocycles. The standard InChI is InChI=1S/C23H27N3O4/c27-21(25-11-9-15-4-1-2-5-17(15)13-25)14-30-23(29)16-7-8-18-19(12-16)24-20-6-3-10-26(20)22(18)28/h7-8,12,15,17H,1-6,9-11,13-14H2/t15-,17-/m1/s1. The number of carbonyl (C=O) groups is 2. The molecule has 30 heavy (non-hydrogen) atoms. The van der Waals surface area contributed by atoms with Crippen LogP contribution in [0.2, 0.25) is 0 Å². The molecule has 0 bridgehead atoms. The van der Waals surface area contributed by atoms with Crippen LogP contribution in [0.3, 0.4) is 0 Å². The smallest absolute Gasteiger partial charge is 0.338 e. The van der Waals surface area contributed by atoms with E-state index in [4.69, 9.17) is 4.74 Å². The molecule has 0 N–H and O–H groups in total. The molecular formula is C23H27N3O4. The number of nitrogens with zero attached hydrogens (tertiary/aromatic N) is 3. The van der Waals surface area contributed by atoms with Crippen LogP contribution in [-0.4, -0.2) is 46.0 Å². The van der Waals surface area contributed by atoms with Crippen molar-refractivity contribution >= 4 is 22.8 Å². The number of piperidine rings is 1. The monoisotopic (exact) mass is 409 g/mol. The van der Waals surface area contributed by atoms with Gasteiger partial charge in [0, 0.05) is 26.1 Å². The van der Waals surface area contributed by atoms with Crippen LogP contribution in [0.1, 0.15) is 54.7 Å². The van der Waals surface area contributed by atoms with Gasteiger partial charge in [-0.3, -0.25) is 14.2 Å². The van der Waals surface area contributed by atoms with Gasteiger partial charge in [-0.15, -0.1) is 0 Å². The molecule has 2 atom stereocenters. The number of hydrogen-bond acceptors (Lipinski definition) is 5. The average Bonchev–Trinajstić information content (AvgIpc) is 3.25. The minimum atomic E-state index is -0.555. The van der Waals surface area contributed by atoms with Crippen LogP contribution in [0, 0.1) is 11.8 Å². The largest absolute Gasteiger partial charge is 0.452 e. The van der Waals surface area contributed by atoms with Crippen LogP contribution in [0.25, 0.3) is 10.9 Å². The molecule has 5 rings (SSSR count). The van der Waals surface area contributed by atoms with Crippen molar-refractivity contribution in [3.05, 3.63) is 39.9 Å². The predicted molar refractivity (Wildman–Crippen MR) is 111 cm³/mol. The molecule has 3 heterocycles. The molecule has 3 aliphatic rings. The third-order valence-corrected chi connectivity index (χ3v) is 7.02. The molecule has 0 unspecified atom stereocenters. The van der Waals surface area contributed by atoms with E-state index in [9.17, 15) is 14.4 Å². The van der Waals surface area contributed by atoms with Gasteiger partial charge in [0.15, 0.2) is 6.61 Å². The Bertz CT molecular complexity index is 1060. The van der Waals surface area contributed by atoms with Crippen molar-refractivity contribution in [2.45, 2.75) is 51.5 Å². The zero-order valence-corrected chi connectivity index (χ0v) is 17.1. The highest BCUT2D eigenvalue weighted by Gasteiger charge is 2.33. The Morgan fingerprint density at radius 2 is 1.90 bits per heavy atom. The molecule has 1 aromatic heterocycles. The molecule has 1 aromatic carbocycles. The van der Waals surface area contributed by atoms with E-state index in [0.29, 0.717) is 28.9 Å². The number of carbonyl (C=O) groups excluding carboxylic acids is 2. The average molecular weight is 409 g/mol. The summed E-state index contributed by atoms with van der Waals surface area (Å²) in [6.45, 7) is 2.00. The lowest BCUT2D eigenvalue weighted by Crippen LogP contribution is -2.46. The zero-order chi connectivity index (χ0) is 20.7. The first-order valence-corrected chi connectivity index (χ1v) is 11.1. The number of aryl methyl sites for hydroxylation is 1. The summed E-state index contributed by atoms with van der Waals surface area (Å²) in [5, 5.41) is 0.503. The molecular weight excluding hydrogens is 382 g/mol. The molecule has 2 fully saturated rings. The van der Waals surface area contributed by atoms with Gasteiger partial charge in [0.05, 0.1) is 16.5 Å². The Balaban J connectivity index is 1.24. The number of rotatable bonds is 3. The van der Waals surface area contributed by atoms with E-state index in [-0.39, 0.29) is 18.1 Å². The first-order valence-electron chi connectivity index (χ1n) is 11.1. The Hall–Kier alpha value is -2.70. The summed E-state index contributed by atoms with van der Waals surface area (Å²) in [7, 11) is 0. The number of aromatic nitrogens is 2. The van der Waals surface area contributed by atoms with Crippen LogP contribution in [-0.2, 0) is 22.5 Å². The van der Waals surface area contributed by atoms with Crippen LogP contribution in [0.4, 0.5) is 0 Å². The lowest BCUT2D eigenvalue weighted by molar-refractivity contribution is -0.137. The molecule has 1 amide bonds. The van der Waals surface area contributed by atoms with Crippen LogP contribution in [0.5, 0.6) is 0 Å². The highest BCUT2D eigenvalue weighted by molar-refractivity contribution is 5.95. The molecule has 0 radical (unpaired) electrons. The van der Waals surface area contributed by atoms with Gasteiger partial charge < -0.3 is 9.64 Å². The number of hydrogen-bond donors (Lipinski definition) is 0. The Morgan fingerprint density at radius 1 is 1.07 bits per heavy atom. The van der Waals surface area contributed by atoms with Crippen LogP contribution >= 0.6 is 0 Å². The molecule has 7 nitrogen and oxygen atoms in total. The van der Waals surface area contributed by atoms with Gasteiger partial charge in [-0.25, -0.2) is 9.78 Å². The summed E-state index contributed by atoms with van der Waals surface area (Å²) < 4.78 is 7.01. The second-order valence-corrected chi connectivity index (χ2v) is 8.83. The predicted octanol–water partition coefficient (Wildman–Crippen LogP) is 2.54. The zero-order valence-electron chi connectivity index (χ0n) is 17.1. The summed E-state index contributed by atoms with van der Waals surface area (Å²) in [6.07, 6.45) is 7.77. The van der Waals surface area contributed by atoms with Crippen molar-refractivity contribution in [2.24, 2.45) is 11.8 Å². The van der Waals surface area contributed by atoms with Gasteiger partial charge in [0.25, 0.3) is 11.5 Å².